The Morgan fingerprint density at radius 2 is 1.71 bits per heavy atom. The molecule has 1 aromatic heterocycles. The molecule has 0 bridgehead atoms. The number of hydrogen-bond acceptors (Lipinski definition) is 2. The highest BCUT2D eigenvalue weighted by molar-refractivity contribution is 9.10. The van der Waals surface area contributed by atoms with E-state index in [-0.39, 0.29) is 5.91 Å². The number of aromatic nitrogens is 1. The zero-order chi connectivity index (χ0) is 15.3. The van der Waals surface area contributed by atoms with Gasteiger partial charge in [-0.1, -0.05) is 74.2 Å². The van der Waals surface area contributed by atoms with Gasteiger partial charge in [-0.2, -0.15) is 0 Å². The molecule has 4 heteroatoms. The zero-order valence-corrected chi connectivity index (χ0v) is 14.6. The van der Waals surface area contributed by atoms with Crippen molar-refractivity contribution < 1.29 is 4.79 Å². The molecule has 0 saturated heterocycles. The molecule has 0 aliphatic carbocycles. The zero-order valence-electron chi connectivity index (χ0n) is 13.0. The summed E-state index contributed by atoms with van der Waals surface area (Å²) >= 11 is 3.36. The molecule has 1 heterocycles. The topological polar surface area (TPSA) is 42.0 Å². The van der Waals surface area contributed by atoms with Crippen LogP contribution in [0.15, 0.2) is 22.8 Å². The van der Waals surface area contributed by atoms with Gasteiger partial charge < -0.3 is 5.32 Å². The Bertz CT molecular complexity index is 410. The summed E-state index contributed by atoms with van der Waals surface area (Å²) in [4.78, 5) is 15.9. The van der Waals surface area contributed by atoms with Crippen LogP contribution >= 0.6 is 15.9 Å². The molecule has 1 amide bonds. The first-order chi connectivity index (χ1) is 10.2. The monoisotopic (exact) mass is 354 g/mol. The van der Waals surface area contributed by atoms with E-state index in [1.54, 1.807) is 6.20 Å². The summed E-state index contributed by atoms with van der Waals surface area (Å²) in [5.41, 5.74) is 0. The number of pyridine rings is 1. The molecule has 0 aliphatic rings. The quantitative estimate of drug-likeness (QED) is 0.517. The number of amides is 1. The van der Waals surface area contributed by atoms with Gasteiger partial charge in [0.05, 0.1) is 0 Å². The maximum Gasteiger partial charge on any atom is 0.225 e. The number of halogens is 1. The lowest BCUT2D eigenvalue weighted by molar-refractivity contribution is -0.116. The van der Waals surface area contributed by atoms with Crippen LogP contribution in [-0.4, -0.2) is 10.9 Å². The number of rotatable bonds is 11. The Balaban J connectivity index is 1.99. The summed E-state index contributed by atoms with van der Waals surface area (Å²) in [6.45, 7) is 2.24. The van der Waals surface area contributed by atoms with Crippen LogP contribution in [0.3, 0.4) is 0 Å². The van der Waals surface area contributed by atoms with Crippen molar-refractivity contribution in [2.45, 2.75) is 71.1 Å². The maximum absolute atomic E-state index is 11.8. The predicted molar refractivity (Wildman–Crippen MR) is 92.4 cm³/mol. The minimum Gasteiger partial charge on any atom is -0.311 e. The Labute approximate surface area is 137 Å². The van der Waals surface area contributed by atoms with E-state index < -0.39 is 0 Å². The molecule has 0 spiro atoms. The molecule has 0 atom stereocenters. The molecule has 3 nitrogen and oxygen atoms in total. The molecular weight excluding hydrogens is 328 g/mol. The predicted octanol–water partition coefficient (Wildman–Crippen LogP) is 5.70. The molecule has 1 N–H and O–H groups in total. The lowest BCUT2D eigenvalue weighted by Crippen LogP contribution is -2.12. The van der Waals surface area contributed by atoms with Crippen molar-refractivity contribution in [1.29, 1.82) is 0 Å². The molecule has 21 heavy (non-hydrogen) atoms. The summed E-state index contributed by atoms with van der Waals surface area (Å²) in [6, 6.07) is 3.66. The molecule has 1 aromatic rings. The van der Waals surface area contributed by atoms with Crippen molar-refractivity contribution in [3.8, 4) is 0 Å². The van der Waals surface area contributed by atoms with E-state index in [2.05, 4.69) is 33.2 Å². The van der Waals surface area contributed by atoms with E-state index in [9.17, 15) is 4.79 Å². The fraction of sp³-hybridized carbons (Fsp3) is 0.647. The molecule has 1 rings (SSSR count). The lowest BCUT2D eigenvalue weighted by Gasteiger charge is -2.05. The molecule has 0 aliphatic heterocycles. The molecule has 0 aromatic carbocycles. The Hall–Kier alpha value is -0.900. The minimum atomic E-state index is 0.0588. The second-order valence-electron chi connectivity index (χ2n) is 5.49. The van der Waals surface area contributed by atoms with E-state index in [1.807, 2.05) is 12.1 Å². The highest BCUT2D eigenvalue weighted by Crippen LogP contribution is 2.14. The van der Waals surface area contributed by atoms with Gasteiger partial charge in [0.1, 0.15) is 5.82 Å². The molecule has 0 radical (unpaired) electrons. The third-order valence-electron chi connectivity index (χ3n) is 3.50. The fourth-order valence-corrected chi connectivity index (χ4v) is 2.61. The van der Waals surface area contributed by atoms with Gasteiger partial charge in [-0.05, 0) is 18.6 Å². The van der Waals surface area contributed by atoms with Gasteiger partial charge in [0, 0.05) is 17.1 Å². The van der Waals surface area contributed by atoms with Crippen LogP contribution < -0.4 is 5.32 Å². The lowest BCUT2D eigenvalue weighted by atomic mass is 10.1. The van der Waals surface area contributed by atoms with Gasteiger partial charge in [0.25, 0.3) is 0 Å². The van der Waals surface area contributed by atoms with Crippen molar-refractivity contribution >= 4 is 27.7 Å². The first-order valence-electron chi connectivity index (χ1n) is 8.13. The summed E-state index contributed by atoms with van der Waals surface area (Å²) in [6.07, 6.45) is 13.7. The van der Waals surface area contributed by atoms with Crippen LogP contribution in [0.25, 0.3) is 0 Å². The summed E-state index contributed by atoms with van der Waals surface area (Å²) < 4.78 is 0.927. The molecule has 118 valence electrons. The van der Waals surface area contributed by atoms with E-state index in [1.165, 1.54) is 44.9 Å². The molecule has 0 fully saturated rings. The van der Waals surface area contributed by atoms with Gasteiger partial charge in [-0.3, -0.25) is 4.79 Å². The number of nitrogens with zero attached hydrogens (tertiary/aromatic N) is 1. The van der Waals surface area contributed by atoms with Gasteiger partial charge >= 0.3 is 0 Å². The second kappa shape index (κ2) is 11.7. The fourth-order valence-electron chi connectivity index (χ4n) is 2.27. The first-order valence-corrected chi connectivity index (χ1v) is 8.93. The normalized spacial score (nSPS) is 10.6. The standard InChI is InChI=1S/C17H27BrN2O/c1-2-3-4-5-6-7-8-9-10-11-17(21)20-16-14-15(18)12-13-19-16/h12-14H,2-11H2,1H3,(H,19,20,21). The van der Waals surface area contributed by atoms with Crippen LogP contribution in [0.2, 0.25) is 0 Å². The average molecular weight is 355 g/mol. The molecular formula is C17H27BrN2O. The van der Waals surface area contributed by atoms with Crippen molar-refractivity contribution in [3.63, 3.8) is 0 Å². The number of nitrogens with one attached hydrogen (secondary N) is 1. The van der Waals surface area contributed by atoms with E-state index >= 15 is 0 Å². The number of unbranched alkanes of at least 4 members (excludes halogenated alkanes) is 8. The van der Waals surface area contributed by atoms with E-state index in [4.69, 9.17) is 0 Å². The average Bonchev–Trinajstić information content (AvgIpc) is 2.45. The van der Waals surface area contributed by atoms with E-state index in [0.717, 1.165) is 17.3 Å². The van der Waals surface area contributed by atoms with Crippen LogP contribution in [-0.2, 0) is 4.79 Å². The van der Waals surface area contributed by atoms with Crippen molar-refractivity contribution in [3.05, 3.63) is 22.8 Å². The van der Waals surface area contributed by atoms with Gasteiger partial charge in [-0.25, -0.2) is 4.98 Å². The molecule has 0 unspecified atom stereocenters. The second-order valence-corrected chi connectivity index (χ2v) is 6.40. The number of carbonyl (C=O) groups excluding carboxylic acids is 1. The Morgan fingerprint density at radius 1 is 1.10 bits per heavy atom. The van der Waals surface area contributed by atoms with Gasteiger partial charge in [0.15, 0.2) is 0 Å². The summed E-state index contributed by atoms with van der Waals surface area (Å²) in [5, 5.41) is 2.83. The number of anilines is 1. The van der Waals surface area contributed by atoms with Crippen LogP contribution in [0.5, 0.6) is 0 Å². The third-order valence-corrected chi connectivity index (χ3v) is 3.99. The van der Waals surface area contributed by atoms with Crippen LogP contribution in [0.4, 0.5) is 5.82 Å². The van der Waals surface area contributed by atoms with Crippen LogP contribution in [0.1, 0.15) is 71.1 Å². The van der Waals surface area contributed by atoms with E-state index in [0.29, 0.717) is 12.2 Å². The third kappa shape index (κ3) is 9.62. The highest BCUT2D eigenvalue weighted by Gasteiger charge is 2.03. The largest absolute Gasteiger partial charge is 0.311 e. The van der Waals surface area contributed by atoms with Crippen molar-refractivity contribution in [2.24, 2.45) is 0 Å². The first kappa shape index (κ1) is 18.1. The SMILES string of the molecule is CCCCCCCCCCCC(=O)Nc1cc(Br)ccn1. The molecule has 0 saturated carbocycles. The van der Waals surface area contributed by atoms with Crippen molar-refractivity contribution in [2.75, 3.05) is 5.32 Å². The van der Waals surface area contributed by atoms with Gasteiger partial charge in [0.2, 0.25) is 5.91 Å². The maximum atomic E-state index is 11.8. The van der Waals surface area contributed by atoms with Crippen molar-refractivity contribution in [1.82, 2.24) is 4.98 Å². The number of hydrogen-bond donors (Lipinski definition) is 1. The highest BCUT2D eigenvalue weighted by atomic mass is 79.9. The number of carbonyl (C=O) groups is 1. The Kier molecular flexibility index (Phi) is 10.1. The van der Waals surface area contributed by atoms with Crippen LogP contribution in [0, 0.1) is 0 Å². The Morgan fingerprint density at radius 3 is 2.33 bits per heavy atom. The summed E-state index contributed by atoms with van der Waals surface area (Å²) in [5.74, 6) is 0.675. The summed E-state index contributed by atoms with van der Waals surface area (Å²) in [7, 11) is 0. The smallest absolute Gasteiger partial charge is 0.225 e. The minimum absolute atomic E-state index is 0.0588. The van der Waals surface area contributed by atoms with Gasteiger partial charge in [-0.15, -0.1) is 0 Å².